The highest BCUT2D eigenvalue weighted by molar-refractivity contribution is 5.91. The molecular weight excluding hydrogens is 376 g/mol. The Morgan fingerprint density at radius 2 is 1.63 bits per heavy atom. The second-order valence-corrected chi connectivity index (χ2v) is 7.74. The van der Waals surface area contributed by atoms with Crippen LogP contribution < -0.4 is 5.32 Å². The number of aromatic nitrogens is 3. The monoisotopic (exact) mass is 400 g/mol. The van der Waals surface area contributed by atoms with Gasteiger partial charge in [-0.2, -0.15) is 9.61 Å². The first-order valence-electron chi connectivity index (χ1n) is 9.81. The summed E-state index contributed by atoms with van der Waals surface area (Å²) in [6.45, 7) is 10.1. The van der Waals surface area contributed by atoms with Crippen LogP contribution in [0.15, 0.2) is 42.5 Å². The minimum absolute atomic E-state index is 0.0258. The van der Waals surface area contributed by atoms with Crippen molar-refractivity contribution in [2.45, 2.75) is 34.6 Å². The Balaban J connectivity index is 1.99. The number of nitrogens with zero attached hydrogens (tertiary/aromatic N) is 3. The lowest BCUT2D eigenvalue weighted by Crippen LogP contribution is -2.08. The van der Waals surface area contributed by atoms with Gasteiger partial charge in [-0.3, -0.25) is 0 Å². The van der Waals surface area contributed by atoms with Crippen molar-refractivity contribution in [3.63, 3.8) is 0 Å². The van der Waals surface area contributed by atoms with Crippen LogP contribution >= 0.6 is 0 Å². The average molecular weight is 400 g/mol. The van der Waals surface area contributed by atoms with E-state index in [9.17, 15) is 9.90 Å². The van der Waals surface area contributed by atoms with E-state index in [4.69, 9.17) is 5.10 Å². The van der Waals surface area contributed by atoms with Crippen LogP contribution in [0, 0.1) is 34.6 Å². The third-order valence-corrected chi connectivity index (χ3v) is 5.36. The maximum absolute atomic E-state index is 11.8. The number of benzene rings is 2. The molecule has 30 heavy (non-hydrogen) atoms. The molecule has 2 heterocycles. The van der Waals surface area contributed by atoms with E-state index in [1.54, 1.807) is 4.52 Å². The average Bonchev–Trinajstić information content (AvgIpc) is 3.00. The van der Waals surface area contributed by atoms with E-state index in [0.717, 1.165) is 44.8 Å². The van der Waals surface area contributed by atoms with Gasteiger partial charge in [0.25, 0.3) is 0 Å². The van der Waals surface area contributed by atoms with Crippen molar-refractivity contribution in [1.82, 2.24) is 14.6 Å². The molecule has 152 valence electrons. The number of aromatic carboxylic acids is 1. The predicted octanol–water partition coefficient (Wildman–Crippen LogP) is 5.38. The van der Waals surface area contributed by atoms with E-state index in [1.165, 1.54) is 6.07 Å². The van der Waals surface area contributed by atoms with Crippen molar-refractivity contribution in [3.05, 3.63) is 76.1 Å². The van der Waals surface area contributed by atoms with Gasteiger partial charge in [0.2, 0.25) is 0 Å². The third kappa shape index (κ3) is 3.30. The Bertz CT molecular complexity index is 1280. The first-order valence-corrected chi connectivity index (χ1v) is 9.81. The van der Waals surface area contributed by atoms with Crippen LogP contribution in [-0.4, -0.2) is 25.7 Å². The molecule has 0 fully saturated rings. The molecule has 2 aromatic carbocycles. The van der Waals surface area contributed by atoms with Crippen LogP contribution in [0.1, 0.15) is 38.4 Å². The summed E-state index contributed by atoms with van der Waals surface area (Å²) in [4.78, 5) is 16.3. The molecule has 2 N–H and O–H groups in total. The third-order valence-electron chi connectivity index (χ3n) is 5.36. The first-order chi connectivity index (χ1) is 14.3. The zero-order valence-electron chi connectivity index (χ0n) is 17.7. The number of fused-ring (bicyclic) bond motifs is 1. The molecule has 0 amide bonds. The maximum atomic E-state index is 11.8. The lowest BCUT2D eigenvalue weighted by atomic mass is 9.96. The molecule has 0 unspecified atom stereocenters. The number of carboxylic acids is 1. The summed E-state index contributed by atoms with van der Waals surface area (Å²) in [5, 5.41) is 17.8. The lowest BCUT2D eigenvalue weighted by molar-refractivity contribution is 0.0690. The van der Waals surface area contributed by atoms with E-state index >= 15 is 0 Å². The standard InChI is InChI=1S/C24H24N4O2/c1-13-9-10-18(16(4)11-13)25-20-12-19(24(29)30)26-23-22(17(5)27-28(20)23)21-14(2)7-6-8-15(21)3/h6-12,25H,1-5H3,(H,29,30). The summed E-state index contributed by atoms with van der Waals surface area (Å²) in [5.74, 6) is -0.516. The van der Waals surface area contributed by atoms with Crippen LogP contribution in [-0.2, 0) is 0 Å². The predicted molar refractivity (Wildman–Crippen MR) is 119 cm³/mol. The van der Waals surface area contributed by atoms with Crippen molar-refractivity contribution in [3.8, 4) is 11.1 Å². The van der Waals surface area contributed by atoms with Crippen LogP contribution in [0.2, 0.25) is 0 Å². The van der Waals surface area contributed by atoms with Crippen molar-refractivity contribution < 1.29 is 9.90 Å². The Hall–Kier alpha value is -3.67. The Morgan fingerprint density at radius 1 is 0.933 bits per heavy atom. The number of rotatable bonds is 4. The van der Waals surface area contributed by atoms with Gasteiger partial charge in [0.1, 0.15) is 5.82 Å². The normalized spacial score (nSPS) is 11.1. The molecule has 0 atom stereocenters. The Labute approximate surface area is 175 Å². The fourth-order valence-electron chi connectivity index (χ4n) is 3.92. The molecule has 4 aromatic rings. The molecular formula is C24H24N4O2. The number of carbonyl (C=O) groups is 1. The summed E-state index contributed by atoms with van der Waals surface area (Å²) < 4.78 is 1.70. The zero-order chi connectivity index (χ0) is 21.6. The van der Waals surface area contributed by atoms with Gasteiger partial charge in [-0.15, -0.1) is 0 Å². The zero-order valence-corrected chi connectivity index (χ0v) is 17.7. The molecule has 0 spiro atoms. The van der Waals surface area contributed by atoms with Crippen molar-refractivity contribution >= 4 is 23.1 Å². The highest BCUT2D eigenvalue weighted by Gasteiger charge is 2.21. The van der Waals surface area contributed by atoms with Gasteiger partial charge in [-0.1, -0.05) is 35.9 Å². The van der Waals surface area contributed by atoms with Gasteiger partial charge >= 0.3 is 5.97 Å². The van der Waals surface area contributed by atoms with Gasteiger partial charge in [0.15, 0.2) is 11.3 Å². The molecule has 0 aliphatic rings. The second-order valence-electron chi connectivity index (χ2n) is 7.74. The molecule has 0 bridgehead atoms. The number of nitrogens with one attached hydrogen (secondary N) is 1. The summed E-state index contributed by atoms with van der Waals surface area (Å²) in [6, 6.07) is 13.7. The summed E-state index contributed by atoms with van der Waals surface area (Å²) in [7, 11) is 0. The number of hydrogen-bond acceptors (Lipinski definition) is 4. The van der Waals surface area contributed by atoms with E-state index < -0.39 is 5.97 Å². The van der Waals surface area contributed by atoms with E-state index in [0.29, 0.717) is 11.5 Å². The quantitative estimate of drug-likeness (QED) is 0.481. The van der Waals surface area contributed by atoms with Crippen molar-refractivity contribution in [2.24, 2.45) is 0 Å². The molecule has 6 nitrogen and oxygen atoms in total. The molecule has 2 aromatic heterocycles. The van der Waals surface area contributed by atoms with Crippen LogP contribution in [0.25, 0.3) is 16.8 Å². The highest BCUT2D eigenvalue weighted by Crippen LogP contribution is 2.34. The fourth-order valence-corrected chi connectivity index (χ4v) is 3.92. The minimum atomic E-state index is -1.08. The van der Waals surface area contributed by atoms with Crippen molar-refractivity contribution in [1.29, 1.82) is 0 Å². The summed E-state index contributed by atoms with van der Waals surface area (Å²) in [6.07, 6.45) is 0. The van der Waals surface area contributed by atoms with Crippen molar-refractivity contribution in [2.75, 3.05) is 5.32 Å². The topological polar surface area (TPSA) is 79.5 Å². The summed E-state index contributed by atoms with van der Waals surface area (Å²) >= 11 is 0. The van der Waals surface area contributed by atoms with E-state index in [2.05, 4.69) is 16.4 Å². The first kappa shape index (κ1) is 19.6. The minimum Gasteiger partial charge on any atom is -0.477 e. The number of anilines is 2. The molecule has 6 heteroatoms. The smallest absolute Gasteiger partial charge is 0.354 e. The van der Waals surface area contributed by atoms with Gasteiger partial charge in [-0.05, 0) is 62.9 Å². The molecule has 0 saturated heterocycles. The van der Waals surface area contributed by atoms with Crippen LogP contribution in [0.5, 0.6) is 0 Å². The maximum Gasteiger partial charge on any atom is 0.354 e. The van der Waals surface area contributed by atoms with Gasteiger partial charge < -0.3 is 10.4 Å². The second kappa shape index (κ2) is 7.30. The molecule has 0 aliphatic heterocycles. The van der Waals surface area contributed by atoms with Gasteiger partial charge in [0.05, 0.1) is 11.3 Å². The summed E-state index contributed by atoms with van der Waals surface area (Å²) in [5.41, 5.74) is 8.51. The lowest BCUT2D eigenvalue weighted by Gasteiger charge is -2.13. The van der Waals surface area contributed by atoms with Gasteiger partial charge in [0, 0.05) is 11.8 Å². The molecule has 4 rings (SSSR count). The SMILES string of the molecule is Cc1ccc(Nc2cc(C(=O)O)nc3c(-c4c(C)cccc4C)c(C)nn23)c(C)c1. The molecule has 0 saturated carbocycles. The molecule has 0 aliphatic carbocycles. The number of hydrogen-bond donors (Lipinski definition) is 2. The van der Waals surface area contributed by atoms with Crippen LogP contribution in [0.4, 0.5) is 11.5 Å². The van der Waals surface area contributed by atoms with Gasteiger partial charge in [-0.25, -0.2) is 9.78 Å². The highest BCUT2D eigenvalue weighted by atomic mass is 16.4. The number of carboxylic acid groups (broad SMARTS) is 1. The Morgan fingerprint density at radius 3 is 2.27 bits per heavy atom. The van der Waals surface area contributed by atoms with Crippen LogP contribution in [0.3, 0.4) is 0 Å². The van der Waals surface area contributed by atoms with E-state index in [-0.39, 0.29) is 5.69 Å². The Kier molecular flexibility index (Phi) is 4.78. The number of aryl methyl sites for hydroxylation is 5. The largest absolute Gasteiger partial charge is 0.477 e. The fraction of sp³-hybridized carbons (Fsp3) is 0.208. The van der Waals surface area contributed by atoms with E-state index in [1.807, 2.05) is 65.0 Å². The molecule has 0 radical (unpaired) electrons.